The molecule has 4 heterocycles. The fourth-order valence-corrected chi connectivity index (χ4v) is 3.82. The fraction of sp³-hybridized carbons (Fsp3) is 0.500. The standard InChI is InChI=1S/C18H24N6S/c1-13-19-17(25-21-13)23-9-7-22(8-10-23)14-5-6-16-20-15(18(2,3)4)12-24(16)11-14/h5-6,11-12H,7-10H2,1-4H3. The van der Waals surface area contributed by atoms with E-state index >= 15 is 0 Å². The molecule has 0 amide bonds. The lowest BCUT2D eigenvalue weighted by atomic mass is 9.93. The van der Waals surface area contributed by atoms with E-state index in [0.29, 0.717) is 0 Å². The molecular formula is C18H24N6S. The second kappa shape index (κ2) is 5.98. The van der Waals surface area contributed by atoms with Crippen LogP contribution in [0.2, 0.25) is 0 Å². The second-order valence-corrected chi connectivity index (χ2v) is 8.36. The SMILES string of the molecule is Cc1nsc(N2CCN(c3ccc4nc(C(C)(C)C)cn4c3)CC2)n1. The van der Waals surface area contributed by atoms with Gasteiger partial charge in [0.05, 0.1) is 11.4 Å². The van der Waals surface area contributed by atoms with Gasteiger partial charge < -0.3 is 14.2 Å². The third kappa shape index (κ3) is 3.20. The number of nitrogens with zero attached hydrogens (tertiary/aromatic N) is 6. The topological polar surface area (TPSA) is 49.6 Å². The van der Waals surface area contributed by atoms with Crippen LogP contribution in [-0.4, -0.2) is 44.9 Å². The fourth-order valence-electron chi connectivity index (χ4n) is 3.10. The van der Waals surface area contributed by atoms with Gasteiger partial charge in [0, 0.05) is 55.5 Å². The molecule has 132 valence electrons. The van der Waals surface area contributed by atoms with Crippen molar-refractivity contribution in [3.63, 3.8) is 0 Å². The maximum absolute atomic E-state index is 4.75. The summed E-state index contributed by atoms with van der Waals surface area (Å²) in [7, 11) is 0. The predicted molar refractivity (Wildman–Crippen MR) is 103 cm³/mol. The van der Waals surface area contributed by atoms with E-state index in [4.69, 9.17) is 4.98 Å². The van der Waals surface area contributed by atoms with Crippen LogP contribution < -0.4 is 9.80 Å². The smallest absolute Gasteiger partial charge is 0.205 e. The van der Waals surface area contributed by atoms with Crippen molar-refractivity contribution in [2.24, 2.45) is 0 Å². The van der Waals surface area contributed by atoms with Gasteiger partial charge in [0.15, 0.2) is 0 Å². The summed E-state index contributed by atoms with van der Waals surface area (Å²) in [4.78, 5) is 14.0. The third-order valence-electron chi connectivity index (χ3n) is 4.64. The first kappa shape index (κ1) is 16.3. The molecule has 3 aromatic rings. The summed E-state index contributed by atoms with van der Waals surface area (Å²) in [6.07, 6.45) is 4.35. The van der Waals surface area contributed by atoms with Crippen molar-refractivity contribution >= 4 is 28.0 Å². The number of rotatable bonds is 2. The Balaban J connectivity index is 1.51. The van der Waals surface area contributed by atoms with E-state index in [2.05, 4.69) is 68.9 Å². The molecule has 1 aliphatic heterocycles. The van der Waals surface area contributed by atoms with Crippen LogP contribution in [0.25, 0.3) is 5.65 Å². The molecule has 0 unspecified atom stereocenters. The van der Waals surface area contributed by atoms with E-state index in [1.807, 2.05) is 6.92 Å². The lowest BCUT2D eigenvalue weighted by Crippen LogP contribution is -2.46. The van der Waals surface area contributed by atoms with E-state index in [9.17, 15) is 0 Å². The Morgan fingerprint density at radius 1 is 0.960 bits per heavy atom. The Labute approximate surface area is 152 Å². The normalized spacial score (nSPS) is 16.0. The van der Waals surface area contributed by atoms with Gasteiger partial charge in [-0.15, -0.1) is 0 Å². The summed E-state index contributed by atoms with van der Waals surface area (Å²) < 4.78 is 6.44. The Hall–Kier alpha value is -2.15. The van der Waals surface area contributed by atoms with Gasteiger partial charge in [-0.1, -0.05) is 20.8 Å². The number of aromatic nitrogens is 4. The number of hydrogen-bond donors (Lipinski definition) is 0. The third-order valence-corrected chi connectivity index (χ3v) is 5.50. The number of imidazole rings is 1. The van der Waals surface area contributed by atoms with E-state index < -0.39 is 0 Å². The summed E-state index contributed by atoms with van der Waals surface area (Å²) in [5, 5.41) is 1.04. The average Bonchev–Trinajstić information content (AvgIpc) is 3.20. The molecule has 0 atom stereocenters. The van der Waals surface area contributed by atoms with Gasteiger partial charge in [0.1, 0.15) is 11.5 Å². The van der Waals surface area contributed by atoms with Gasteiger partial charge in [0.2, 0.25) is 5.13 Å². The maximum Gasteiger partial charge on any atom is 0.205 e. The number of piperazine rings is 1. The lowest BCUT2D eigenvalue weighted by Gasteiger charge is -2.35. The summed E-state index contributed by atoms with van der Waals surface area (Å²) in [5.41, 5.74) is 3.45. The van der Waals surface area contributed by atoms with E-state index in [0.717, 1.165) is 48.5 Å². The molecule has 25 heavy (non-hydrogen) atoms. The van der Waals surface area contributed by atoms with E-state index in [1.54, 1.807) is 0 Å². The predicted octanol–water partition coefficient (Wildman–Crippen LogP) is 3.12. The van der Waals surface area contributed by atoms with Crippen molar-refractivity contribution in [1.82, 2.24) is 18.7 Å². The van der Waals surface area contributed by atoms with Gasteiger partial charge in [-0.3, -0.25) is 0 Å². The number of pyridine rings is 1. The van der Waals surface area contributed by atoms with Crippen LogP contribution in [0.15, 0.2) is 24.5 Å². The van der Waals surface area contributed by atoms with Crippen LogP contribution in [0.5, 0.6) is 0 Å². The van der Waals surface area contributed by atoms with Crippen molar-refractivity contribution in [2.45, 2.75) is 33.1 Å². The highest BCUT2D eigenvalue weighted by Crippen LogP contribution is 2.25. The van der Waals surface area contributed by atoms with Crippen molar-refractivity contribution in [3.8, 4) is 0 Å². The quantitative estimate of drug-likeness (QED) is 0.706. The zero-order valence-electron chi connectivity index (χ0n) is 15.2. The van der Waals surface area contributed by atoms with Crippen molar-refractivity contribution in [3.05, 3.63) is 36.0 Å². The molecule has 3 aromatic heterocycles. The van der Waals surface area contributed by atoms with Crippen molar-refractivity contribution in [2.75, 3.05) is 36.0 Å². The molecule has 1 aliphatic rings. The van der Waals surface area contributed by atoms with Crippen LogP contribution >= 0.6 is 11.5 Å². The highest BCUT2D eigenvalue weighted by Gasteiger charge is 2.21. The van der Waals surface area contributed by atoms with Gasteiger partial charge in [-0.05, 0) is 19.1 Å². The molecule has 0 radical (unpaired) electrons. The number of anilines is 2. The minimum absolute atomic E-state index is 0.0671. The number of aryl methyl sites for hydroxylation is 1. The Morgan fingerprint density at radius 3 is 2.32 bits per heavy atom. The Kier molecular flexibility index (Phi) is 3.91. The van der Waals surface area contributed by atoms with Crippen LogP contribution in [0.3, 0.4) is 0 Å². The van der Waals surface area contributed by atoms with E-state index in [-0.39, 0.29) is 5.41 Å². The van der Waals surface area contributed by atoms with Crippen LogP contribution in [0.4, 0.5) is 10.8 Å². The van der Waals surface area contributed by atoms with E-state index in [1.165, 1.54) is 17.2 Å². The van der Waals surface area contributed by atoms with Gasteiger partial charge in [-0.2, -0.15) is 4.37 Å². The summed E-state index contributed by atoms with van der Waals surface area (Å²) in [6.45, 7) is 12.5. The summed E-state index contributed by atoms with van der Waals surface area (Å²) in [6, 6.07) is 4.30. The first-order chi connectivity index (χ1) is 11.9. The lowest BCUT2D eigenvalue weighted by molar-refractivity contribution is 0.573. The number of hydrogen-bond acceptors (Lipinski definition) is 6. The van der Waals surface area contributed by atoms with Crippen LogP contribution in [0.1, 0.15) is 32.3 Å². The zero-order chi connectivity index (χ0) is 17.6. The average molecular weight is 356 g/mol. The molecule has 0 aliphatic carbocycles. The van der Waals surface area contributed by atoms with Crippen LogP contribution in [-0.2, 0) is 5.41 Å². The minimum Gasteiger partial charge on any atom is -0.367 e. The molecule has 6 nitrogen and oxygen atoms in total. The molecule has 0 aromatic carbocycles. The molecule has 1 fully saturated rings. The Bertz CT molecular complexity index is 882. The van der Waals surface area contributed by atoms with Crippen LogP contribution in [0, 0.1) is 6.92 Å². The van der Waals surface area contributed by atoms with Gasteiger partial charge >= 0.3 is 0 Å². The Morgan fingerprint density at radius 2 is 1.68 bits per heavy atom. The minimum atomic E-state index is 0.0671. The molecule has 0 N–H and O–H groups in total. The zero-order valence-corrected chi connectivity index (χ0v) is 16.0. The maximum atomic E-state index is 4.75. The summed E-state index contributed by atoms with van der Waals surface area (Å²) >= 11 is 1.49. The van der Waals surface area contributed by atoms with Gasteiger partial charge in [-0.25, -0.2) is 9.97 Å². The highest BCUT2D eigenvalue weighted by atomic mass is 32.1. The molecule has 4 rings (SSSR count). The molecule has 0 spiro atoms. The largest absolute Gasteiger partial charge is 0.367 e. The molecular weight excluding hydrogens is 332 g/mol. The second-order valence-electron chi connectivity index (χ2n) is 7.63. The summed E-state index contributed by atoms with van der Waals surface area (Å²) in [5.74, 6) is 0.864. The molecule has 0 saturated carbocycles. The van der Waals surface area contributed by atoms with Crippen molar-refractivity contribution in [1.29, 1.82) is 0 Å². The molecule has 7 heteroatoms. The first-order valence-electron chi connectivity index (χ1n) is 8.69. The van der Waals surface area contributed by atoms with Gasteiger partial charge in [0.25, 0.3) is 0 Å². The molecule has 0 bridgehead atoms. The van der Waals surface area contributed by atoms with Crippen molar-refractivity contribution < 1.29 is 0 Å². The highest BCUT2D eigenvalue weighted by molar-refractivity contribution is 7.09. The monoisotopic (exact) mass is 356 g/mol. The number of fused-ring (bicyclic) bond motifs is 1. The first-order valence-corrected chi connectivity index (χ1v) is 9.47. The molecule has 1 saturated heterocycles.